The number of H-pyrrole nitrogens is 1. The van der Waals surface area contributed by atoms with Crippen molar-refractivity contribution >= 4 is 28.9 Å². The molecule has 0 aliphatic heterocycles. The van der Waals surface area contributed by atoms with Gasteiger partial charge in [0.1, 0.15) is 5.52 Å². The van der Waals surface area contributed by atoms with Gasteiger partial charge in [-0.15, -0.1) is 5.10 Å². The molecule has 0 atom stereocenters. The minimum absolute atomic E-state index is 0.138. The van der Waals surface area contributed by atoms with Crippen molar-refractivity contribution in [3.63, 3.8) is 0 Å². The van der Waals surface area contributed by atoms with E-state index in [0.29, 0.717) is 22.3 Å². The van der Waals surface area contributed by atoms with Gasteiger partial charge in [-0.2, -0.15) is 5.10 Å². The third kappa shape index (κ3) is 4.60. The fourth-order valence-corrected chi connectivity index (χ4v) is 4.02. The second-order valence-corrected chi connectivity index (χ2v) is 9.02. The van der Waals surface area contributed by atoms with E-state index in [2.05, 4.69) is 46.6 Å². The van der Waals surface area contributed by atoms with Gasteiger partial charge in [-0.1, -0.05) is 55.9 Å². The molecule has 0 saturated heterocycles. The number of carbonyl (C=O) groups is 1. The number of amides is 1. The number of nitrogens with zero attached hydrogens (tertiary/aromatic N) is 3. The van der Waals surface area contributed by atoms with Crippen molar-refractivity contribution in [2.45, 2.75) is 38.8 Å². The molecule has 2 aromatic carbocycles. The largest absolute Gasteiger partial charge is 0.325 e. The van der Waals surface area contributed by atoms with Crippen LogP contribution in [0.2, 0.25) is 0 Å². The maximum absolute atomic E-state index is 12.4. The molecule has 0 unspecified atom stereocenters. The number of aryl methyl sites for hydroxylation is 2. The van der Waals surface area contributed by atoms with Crippen molar-refractivity contribution in [3.05, 3.63) is 75.6 Å². The molecular weight excluding hydrogens is 422 g/mol. The molecule has 0 saturated carbocycles. The third-order valence-electron chi connectivity index (χ3n) is 5.37. The molecule has 4 aromatic rings. The standard InChI is InChI=1S/C24H25N5O2S/c1-14(2)17-6-8-18(9-7-17)20-12-21-23(31)26-27-24(29(21)28-20)32-13-22(30)25-19-10-5-15(3)16(4)11-19/h5-12,14H,13H2,1-4H3,(H,25,30)(H,26,31). The highest BCUT2D eigenvalue weighted by molar-refractivity contribution is 7.99. The molecule has 2 aromatic heterocycles. The summed E-state index contributed by atoms with van der Waals surface area (Å²) in [6, 6.07) is 15.7. The third-order valence-corrected chi connectivity index (χ3v) is 6.30. The molecule has 7 nitrogen and oxygen atoms in total. The molecule has 4 rings (SSSR count). The van der Waals surface area contributed by atoms with Gasteiger partial charge in [-0.3, -0.25) is 9.59 Å². The van der Waals surface area contributed by atoms with Crippen molar-refractivity contribution in [2.75, 3.05) is 11.1 Å². The average molecular weight is 448 g/mol. The maximum atomic E-state index is 12.4. The van der Waals surface area contributed by atoms with Crippen LogP contribution in [0.4, 0.5) is 5.69 Å². The van der Waals surface area contributed by atoms with Crippen molar-refractivity contribution in [2.24, 2.45) is 0 Å². The number of nitrogens with one attached hydrogen (secondary N) is 2. The summed E-state index contributed by atoms with van der Waals surface area (Å²) in [4.78, 5) is 24.7. The molecule has 0 radical (unpaired) electrons. The van der Waals surface area contributed by atoms with Crippen molar-refractivity contribution in [1.29, 1.82) is 0 Å². The Morgan fingerprint density at radius 1 is 1.09 bits per heavy atom. The molecule has 0 aliphatic carbocycles. The number of hydrogen-bond donors (Lipinski definition) is 2. The van der Waals surface area contributed by atoms with Crippen LogP contribution in [-0.2, 0) is 4.79 Å². The van der Waals surface area contributed by atoms with Gasteiger partial charge in [0.25, 0.3) is 5.56 Å². The van der Waals surface area contributed by atoms with Crippen LogP contribution in [0.3, 0.4) is 0 Å². The fraction of sp³-hybridized carbons (Fsp3) is 0.250. The zero-order valence-corrected chi connectivity index (χ0v) is 19.3. The number of fused-ring (bicyclic) bond motifs is 1. The van der Waals surface area contributed by atoms with Gasteiger partial charge in [0.15, 0.2) is 0 Å². The van der Waals surface area contributed by atoms with Crippen molar-refractivity contribution < 1.29 is 4.79 Å². The van der Waals surface area contributed by atoms with Crippen LogP contribution < -0.4 is 10.9 Å². The predicted molar refractivity (Wildman–Crippen MR) is 128 cm³/mol. The van der Waals surface area contributed by atoms with Gasteiger partial charge < -0.3 is 5.32 Å². The van der Waals surface area contributed by atoms with Gasteiger partial charge in [0.05, 0.1) is 11.4 Å². The Balaban J connectivity index is 1.54. The molecule has 32 heavy (non-hydrogen) atoms. The molecule has 1 amide bonds. The number of thioether (sulfide) groups is 1. The predicted octanol–water partition coefficient (Wildman–Crippen LogP) is 4.56. The Labute approximate surface area is 190 Å². The lowest BCUT2D eigenvalue weighted by atomic mass is 10.0. The minimum Gasteiger partial charge on any atom is -0.325 e. The topological polar surface area (TPSA) is 92.1 Å². The second-order valence-electron chi connectivity index (χ2n) is 8.07. The number of aromatic amines is 1. The quantitative estimate of drug-likeness (QED) is 0.423. The average Bonchev–Trinajstić information content (AvgIpc) is 3.22. The van der Waals surface area contributed by atoms with E-state index in [1.165, 1.54) is 27.4 Å². The summed E-state index contributed by atoms with van der Waals surface area (Å²) in [5.41, 5.74) is 5.94. The number of anilines is 1. The van der Waals surface area contributed by atoms with Gasteiger partial charge in [0, 0.05) is 11.3 Å². The second kappa shape index (κ2) is 9.00. The number of aromatic nitrogens is 4. The molecule has 8 heteroatoms. The van der Waals surface area contributed by atoms with Crippen LogP contribution in [0, 0.1) is 13.8 Å². The molecule has 0 spiro atoms. The molecular formula is C24H25N5O2S. The Morgan fingerprint density at radius 3 is 2.53 bits per heavy atom. The lowest BCUT2D eigenvalue weighted by Crippen LogP contribution is -2.17. The van der Waals surface area contributed by atoms with E-state index in [9.17, 15) is 9.59 Å². The summed E-state index contributed by atoms with van der Waals surface area (Å²) < 4.78 is 1.50. The Morgan fingerprint density at radius 2 is 1.84 bits per heavy atom. The molecule has 2 N–H and O–H groups in total. The van der Waals surface area contributed by atoms with Crippen LogP contribution in [-0.4, -0.2) is 31.5 Å². The number of benzene rings is 2. The SMILES string of the molecule is Cc1ccc(NC(=O)CSc2n[nH]c(=O)c3cc(-c4ccc(C(C)C)cc4)nn23)cc1C. The maximum Gasteiger partial charge on any atom is 0.290 e. The summed E-state index contributed by atoms with van der Waals surface area (Å²) in [7, 11) is 0. The fourth-order valence-electron chi connectivity index (χ4n) is 3.31. The van der Waals surface area contributed by atoms with E-state index >= 15 is 0 Å². The molecule has 0 fully saturated rings. The molecule has 2 heterocycles. The van der Waals surface area contributed by atoms with E-state index in [0.717, 1.165) is 16.8 Å². The highest BCUT2D eigenvalue weighted by Crippen LogP contribution is 2.24. The van der Waals surface area contributed by atoms with E-state index in [1.807, 2.05) is 44.2 Å². The van der Waals surface area contributed by atoms with E-state index in [-0.39, 0.29) is 17.2 Å². The lowest BCUT2D eigenvalue weighted by Gasteiger charge is -2.07. The van der Waals surface area contributed by atoms with E-state index in [1.54, 1.807) is 6.07 Å². The molecule has 0 bridgehead atoms. The highest BCUT2D eigenvalue weighted by Gasteiger charge is 2.14. The number of hydrogen-bond acceptors (Lipinski definition) is 5. The summed E-state index contributed by atoms with van der Waals surface area (Å²) >= 11 is 1.22. The van der Waals surface area contributed by atoms with Crippen molar-refractivity contribution in [3.8, 4) is 11.3 Å². The van der Waals surface area contributed by atoms with E-state index < -0.39 is 0 Å². The summed E-state index contributed by atoms with van der Waals surface area (Å²) in [5, 5.41) is 14.5. The van der Waals surface area contributed by atoms with Crippen LogP contribution in [0.1, 0.15) is 36.5 Å². The first-order valence-corrected chi connectivity index (χ1v) is 11.4. The monoisotopic (exact) mass is 447 g/mol. The van der Waals surface area contributed by atoms with Gasteiger partial charge in [-0.05, 0) is 54.7 Å². The first-order chi connectivity index (χ1) is 15.3. The summed E-state index contributed by atoms with van der Waals surface area (Å²) in [5.74, 6) is 0.422. The highest BCUT2D eigenvalue weighted by atomic mass is 32.2. The number of carbonyl (C=O) groups excluding carboxylic acids is 1. The van der Waals surface area contributed by atoms with Crippen LogP contribution in [0.5, 0.6) is 0 Å². The lowest BCUT2D eigenvalue weighted by molar-refractivity contribution is -0.113. The first-order valence-electron chi connectivity index (χ1n) is 10.4. The summed E-state index contributed by atoms with van der Waals surface area (Å²) in [6.45, 7) is 8.32. The van der Waals surface area contributed by atoms with Crippen LogP contribution in [0.25, 0.3) is 16.8 Å². The Bertz CT molecular complexity index is 1340. The smallest absolute Gasteiger partial charge is 0.290 e. The number of rotatable bonds is 6. The van der Waals surface area contributed by atoms with Gasteiger partial charge in [0.2, 0.25) is 11.1 Å². The normalized spacial score (nSPS) is 11.3. The molecule has 164 valence electrons. The van der Waals surface area contributed by atoms with Gasteiger partial charge in [-0.25, -0.2) is 9.61 Å². The minimum atomic E-state index is -0.327. The Hall–Kier alpha value is -3.39. The van der Waals surface area contributed by atoms with Crippen LogP contribution >= 0.6 is 11.8 Å². The molecule has 0 aliphatic rings. The zero-order chi connectivity index (χ0) is 22.8. The van der Waals surface area contributed by atoms with Gasteiger partial charge >= 0.3 is 0 Å². The van der Waals surface area contributed by atoms with Crippen molar-refractivity contribution in [1.82, 2.24) is 19.8 Å². The van der Waals surface area contributed by atoms with E-state index in [4.69, 9.17) is 0 Å². The first kappa shape index (κ1) is 21.8. The Kier molecular flexibility index (Phi) is 6.14. The zero-order valence-electron chi connectivity index (χ0n) is 18.5. The summed E-state index contributed by atoms with van der Waals surface area (Å²) in [6.07, 6.45) is 0. The van der Waals surface area contributed by atoms with Crippen LogP contribution in [0.15, 0.2) is 58.5 Å².